The van der Waals surface area contributed by atoms with Gasteiger partial charge in [-0.2, -0.15) is 0 Å². The van der Waals surface area contributed by atoms with Crippen LogP contribution in [0, 0.1) is 0 Å². The van der Waals surface area contributed by atoms with Crippen LogP contribution in [0.3, 0.4) is 0 Å². The highest BCUT2D eigenvalue weighted by Crippen LogP contribution is 2.24. The van der Waals surface area contributed by atoms with E-state index in [1.165, 1.54) is 5.00 Å². The Labute approximate surface area is 167 Å². The molecule has 0 saturated carbocycles. The quantitative estimate of drug-likeness (QED) is 0.369. The first-order valence-corrected chi connectivity index (χ1v) is 9.62. The molecule has 0 radical (unpaired) electrons. The Morgan fingerprint density at radius 3 is 2.58 bits per heavy atom. The topological polar surface area (TPSA) is 42.9 Å². The average molecular weight is 465 g/mol. The Kier molecular flexibility index (Phi) is 10.7. The first kappa shape index (κ1) is 21.5. The summed E-state index contributed by atoms with van der Waals surface area (Å²) in [5.74, 6) is 0.937. The van der Waals surface area contributed by atoms with Gasteiger partial charge in [0.15, 0.2) is 5.96 Å². The Morgan fingerprint density at radius 2 is 2.04 bits per heavy atom. The van der Waals surface area contributed by atoms with Gasteiger partial charge in [0.1, 0.15) is 0 Å². The second-order valence-electron chi connectivity index (χ2n) is 5.88. The maximum Gasteiger partial charge on any atom is 0.191 e. The summed E-state index contributed by atoms with van der Waals surface area (Å²) in [6.45, 7) is 10.9. The van der Waals surface area contributed by atoms with Crippen molar-refractivity contribution in [1.82, 2.24) is 15.5 Å². The van der Waals surface area contributed by atoms with E-state index in [1.54, 1.807) is 0 Å². The van der Waals surface area contributed by atoms with Crippen LogP contribution in [0.15, 0.2) is 22.5 Å². The van der Waals surface area contributed by atoms with Crippen molar-refractivity contribution in [2.45, 2.75) is 32.7 Å². The molecule has 2 N–H and O–H groups in total. The molecule has 0 atom stereocenters. The van der Waals surface area contributed by atoms with Crippen LogP contribution in [0.5, 0.6) is 0 Å². The zero-order valence-corrected chi connectivity index (χ0v) is 18.3. The number of guanidine groups is 1. The van der Waals surface area contributed by atoms with Gasteiger partial charge >= 0.3 is 0 Å². The van der Waals surface area contributed by atoms with Crippen LogP contribution in [0.2, 0.25) is 0 Å². The Balaban J connectivity index is 0.00000288. The Morgan fingerprint density at radius 1 is 1.33 bits per heavy atom. The van der Waals surface area contributed by atoms with Crippen molar-refractivity contribution in [3.63, 3.8) is 0 Å². The molecule has 0 aromatic carbocycles. The van der Waals surface area contributed by atoms with E-state index in [1.807, 2.05) is 18.4 Å². The summed E-state index contributed by atoms with van der Waals surface area (Å²) in [4.78, 5) is 9.27. The van der Waals surface area contributed by atoms with E-state index in [4.69, 9.17) is 0 Å². The Bertz CT molecular complexity index is 454. The molecule has 2 heterocycles. The van der Waals surface area contributed by atoms with Crippen LogP contribution in [-0.2, 0) is 0 Å². The molecule has 1 aliphatic rings. The molecule has 0 spiro atoms. The summed E-state index contributed by atoms with van der Waals surface area (Å²) >= 11 is 1.83. The lowest BCUT2D eigenvalue weighted by Crippen LogP contribution is -2.49. The van der Waals surface area contributed by atoms with E-state index in [9.17, 15) is 0 Å². The summed E-state index contributed by atoms with van der Waals surface area (Å²) in [6.07, 6.45) is 2.32. The minimum atomic E-state index is 0. The predicted molar refractivity (Wildman–Crippen MR) is 117 cm³/mol. The second-order valence-corrected chi connectivity index (χ2v) is 6.81. The molecular formula is C17H32IN5S. The summed E-state index contributed by atoms with van der Waals surface area (Å²) < 4.78 is 0. The van der Waals surface area contributed by atoms with Crippen molar-refractivity contribution in [2.24, 2.45) is 4.99 Å². The van der Waals surface area contributed by atoms with E-state index < -0.39 is 0 Å². The van der Waals surface area contributed by atoms with E-state index >= 15 is 0 Å². The molecule has 5 nitrogen and oxygen atoms in total. The third kappa shape index (κ3) is 6.76. The average Bonchev–Trinajstić information content (AvgIpc) is 3.13. The molecule has 1 saturated heterocycles. The molecule has 138 valence electrons. The lowest BCUT2D eigenvalue weighted by Gasteiger charge is -2.33. The predicted octanol–water partition coefficient (Wildman–Crippen LogP) is 2.84. The summed E-state index contributed by atoms with van der Waals surface area (Å²) in [5, 5.41) is 10.6. The minimum absolute atomic E-state index is 0. The number of thiophene rings is 1. The number of hydrogen-bond donors (Lipinski definition) is 2. The highest BCUT2D eigenvalue weighted by molar-refractivity contribution is 14.0. The number of nitrogens with one attached hydrogen (secondary N) is 2. The number of rotatable bonds is 7. The Hall–Kier alpha value is -0.540. The molecule has 2 rings (SSSR count). The summed E-state index contributed by atoms with van der Waals surface area (Å²) in [5.41, 5.74) is 0. The number of likely N-dealkylation sites (N-methyl/N-ethyl adjacent to an activating group) is 1. The van der Waals surface area contributed by atoms with E-state index in [0.717, 1.165) is 58.1 Å². The van der Waals surface area contributed by atoms with Crippen molar-refractivity contribution in [2.75, 3.05) is 51.2 Å². The largest absolute Gasteiger partial charge is 0.363 e. The maximum absolute atomic E-state index is 4.36. The van der Waals surface area contributed by atoms with E-state index in [-0.39, 0.29) is 24.0 Å². The van der Waals surface area contributed by atoms with Crippen LogP contribution in [0.4, 0.5) is 5.00 Å². The minimum Gasteiger partial charge on any atom is -0.363 e. The lowest BCUT2D eigenvalue weighted by atomic mass is 10.1. The standard InChI is InChI=1S/C17H31N5S.HI/c1-4-21(5-2)13-10-19-17(18-3)20-15-8-11-22(12-9-15)16-7-6-14-23-16;/h6-7,14-15H,4-5,8-13H2,1-3H3,(H2,18,19,20);1H. The third-order valence-corrected chi connectivity index (χ3v) is 5.42. The van der Waals surface area contributed by atoms with Gasteiger partial charge in [-0.05, 0) is 43.4 Å². The highest BCUT2D eigenvalue weighted by atomic mass is 127. The van der Waals surface area contributed by atoms with Crippen molar-refractivity contribution >= 4 is 46.3 Å². The van der Waals surface area contributed by atoms with Crippen LogP contribution in [0.1, 0.15) is 26.7 Å². The fraction of sp³-hybridized carbons (Fsp3) is 0.706. The van der Waals surface area contributed by atoms with Gasteiger partial charge in [-0.25, -0.2) is 0 Å². The molecule has 0 unspecified atom stereocenters. The zero-order valence-electron chi connectivity index (χ0n) is 15.1. The number of piperidine rings is 1. The first-order chi connectivity index (χ1) is 11.3. The van der Waals surface area contributed by atoms with Crippen molar-refractivity contribution in [3.8, 4) is 0 Å². The molecule has 0 amide bonds. The van der Waals surface area contributed by atoms with Crippen LogP contribution < -0.4 is 15.5 Å². The molecule has 1 aliphatic heterocycles. The fourth-order valence-electron chi connectivity index (χ4n) is 2.95. The van der Waals surface area contributed by atoms with Gasteiger partial charge < -0.3 is 20.4 Å². The lowest BCUT2D eigenvalue weighted by molar-refractivity contribution is 0.308. The van der Waals surface area contributed by atoms with Crippen LogP contribution in [0.25, 0.3) is 0 Å². The number of hydrogen-bond acceptors (Lipinski definition) is 4. The number of anilines is 1. The molecule has 0 bridgehead atoms. The molecule has 24 heavy (non-hydrogen) atoms. The SMILES string of the molecule is CCN(CC)CCNC(=NC)NC1CCN(c2cccs2)CC1.I. The zero-order chi connectivity index (χ0) is 16.5. The first-order valence-electron chi connectivity index (χ1n) is 8.74. The van der Waals surface area contributed by atoms with Gasteiger partial charge in [0.05, 0.1) is 5.00 Å². The summed E-state index contributed by atoms with van der Waals surface area (Å²) in [6, 6.07) is 4.86. The normalized spacial score (nSPS) is 16.2. The second kappa shape index (κ2) is 11.9. The van der Waals surface area contributed by atoms with Gasteiger partial charge in [-0.3, -0.25) is 4.99 Å². The smallest absolute Gasteiger partial charge is 0.191 e. The fourth-order valence-corrected chi connectivity index (χ4v) is 3.74. The molecule has 0 aliphatic carbocycles. The van der Waals surface area contributed by atoms with Crippen LogP contribution in [-0.4, -0.2) is 63.2 Å². The van der Waals surface area contributed by atoms with E-state index in [0.29, 0.717) is 6.04 Å². The number of nitrogens with zero attached hydrogens (tertiary/aromatic N) is 3. The van der Waals surface area contributed by atoms with Crippen molar-refractivity contribution in [3.05, 3.63) is 17.5 Å². The number of aliphatic imine (C=N–C) groups is 1. The maximum atomic E-state index is 4.36. The summed E-state index contributed by atoms with van der Waals surface area (Å²) in [7, 11) is 1.85. The van der Waals surface area contributed by atoms with Gasteiger partial charge in [-0.15, -0.1) is 35.3 Å². The van der Waals surface area contributed by atoms with Gasteiger partial charge in [-0.1, -0.05) is 13.8 Å². The van der Waals surface area contributed by atoms with Crippen molar-refractivity contribution in [1.29, 1.82) is 0 Å². The molecule has 1 fully saturated rings. The van der Waals surface area contributed by atoms with Crippen LogP contribution >= 0.6 is 35.3 Å². The molecular weight excluding hydrogens is 433 g/mol. The van der Waals surface area contributed by atoms with Gasteiger partial charge in [0.25, 0.3) is 0 Å². The van der Waals surface area contributed by atoms with Gasteiger partial charge in [0, 0.05) is 39.3 Å². The third-order valence-electron chi connectivity index (χ3n) is 4.49. The van der Waals surface area contributed by atoms with E-state index in [2.05, 4.69) is 56.8 Å². The number of halogens is 1. The molecule has 1 aromatic rings. The molecule has 7 heteroatoms. The monoisotopic (exact) mass is 465 g/mol. The highest BCUT2D eigenvalue weighted by Gasteiger charge is 2.20. The van der Waals surface area contributed by atoms with Gasteiger partial charge in [0.2, 0.25) is 0 Å². The van der Waals surface area contributed by atoms with Crippen molar-refractivity contribution < 1.29 is 0 Å². The molecule has 1 aromatic heterocycles.